The van der Waals surface area contributed by atoms with Crippen molar-refractivity contribution in [3.8, 4) is 5.75 Å². The SMILES string of the molecule is CCc1ccccc1NC(=O)c1cn(CC)c2ccc(OC)cc2c1=O. The third-order valence-electron chi connectivity index (χ3n) is 4.52. The number of anilines is 1. The molecule has 0 saturated heterocycles. The number of fused-ring (bicyclic) bond motifs is 1. The van der Waals surface area contributed by atoms with Crippen LogP contribution in [0.1, 0.15) is 29.8 Å². The Balaban J connectivity index is 2.10. The van der Waals surface area contributed by atoms with Gasteiger partial charge in [-0.2, -0.15) is 0 Å². The highest BCUT2D eigenvalue weighted by Gasteiger charge is 2.16. The standard InChI is InChI=1S/C21H22N2O3/c1-4-14-8-6-7-9-18(14)22-21(25)17-13-23(5-2)19-11-10-15(26-3)12-16(19)20(17)24/h6-13H,4-5H2,1-3H3,(H,22,25). The van der Waals surface area contributed by atoms with Crippen LogP contribution in [0.4, 0.5) is 5.69 Å². The van der Waals surface area contributed by atoms with E-state index >= 15 is 0 Å². The maximum atomic E-state index is 12.9. The number of nitrogens with zero attached hydrogens (tertiary/aromatic N) is 1. The van der Waals surface area contributed by atoms with Crippen LogP contribution in [0.2, 0.25) is 0 Å². The molecule has 0 aliphatic heterocycles. The van der Waals surface area contributed by atoms with Crippen LogP contribution in [0, 0.1) is 0 Å². The van der Waals surface area contributed by atoms with Crippen LogP contribution in [0.3, 0.4) is 0 Å². The van der Waals surface area contributed by atoms with Crippen molar-refractivity contribution >= 4 is 22.5 Å². The molecule has 0 fully saturated rings. The topological polar surface area (TPSA) is 60.3 Å². The number of methoxy groups -OCH3 is 1. The number of hydrogen-bond donors (Lipinski definition) is 1. The molecule has 5 nitrogen and oxygen atoms in total. The van der Waals surface area contributed by atoms with Gasteiger partial charge in [0.1, 0.15) is 11.3 Å². The van der Waals surface area contributed by atoms with E-state index in [4.69, 9.17) is 4.74 Å². The minimum atomic E-state index is -0.400. The second kappa shape index (κ2) is 7.44. The lowest BCUT2D eigenvalue weighted by atomic mass is 10.1. The van der Waals surface area contributed by atoms with Crippen LogP contribution in [-0.4, -0.2) is 17.6 Å². The molecule has 0 spiro atoms. The summed E-state index contributed by atoms with van der Waals surface area (Å²) in [5.74, 6) is 0.189. The zero-order valence-electron chi connectivity index (χ0n) is 15.2. The number of amides is 1. The molecule has 0 aliphatic rings. The van der Waals surface area contributed by atoms with E-state index in [0.29, 0.717) is 17.7 Å². The predicted octanol–water partition coefficient (Wildman–Crippen LogP) is 3.84. The van der Waals surface area contributed by atoms with E-state index < -0.39 is 5.91 Å². The molecule has 0 atom stereocenters. The molecule has 1 N–H and O–H groups in total. The molecule has 5 heteroatoms. The summed E-state index contributed by atoms with van der Waals surface area (Å²) in [6, 6.07) is 12.9. The molecule has 134 valence electrons. The summed E-state index contributed by atoms with van der Waals surface area (Å²) in [6.45, 7) is 4.65. The molecule has 0 aliphatic carbocycles. The first-order chi connectivity index (χ1) is 12.6. The molecule has 0 bridgehead atoms. The summed E-state index contributed by atoms with van der Waals surface area (Å²) in [5, 5.41) is 3.35. The summed E-state index contributed by atoms with van der Waals surface area (Å²) in [4.78, 5) is 25.7. The minimum Gasteiger partial charge on any atom is -0.497 e. The van der Waals surface area contributed by atoms with Gasteiger partial charge in [-0.15, -0.1) is 0 Å². The largest absolute Gasteiger partial charge is 0.497 e. The quantitative estimate of drug-likeness (QED) is 0.760. The van der Waals surface area contributed by atoms with Gasteiger partial charge in [-0.3, -0.25) is 9.59 Å². The van der Waals surface area contributed by atoms with Crippen molar-refractivity contribution in [3.63, 3.8) is 0 Å². The Morgan fingerprint density at radius 3 is 2.62 bits per heavy atom. The summed E-state index contributed by atoms with van der Waals surface area (Å²) < 4.78 is 7.13. The smallest absolute Gasteiger partial charge is 0.261 e. The molecule has 0 radical (unpaired) electrons. The fraction of sp³-hybridized carbons (Fsp3) is 0.238. The number of aromatic nitrogens is 1. The van der Waals surface area contributed by atoms with Crippen LogP contribution < -0.4 is 15.5 Å². The van der Waals surface area contributed by atoms with E-state index in [-0.39, 0.29) is 11.0 Å². The zero-order chi connectivity index (χ0) is 18.7. The third-order valence-corrected chi connectivity index (χ3v) is 4.52. The highest BCUT2D eigenvalue weighted by atomic mass is 16.5. The first kappa shape index (κ1) is 17.7. The van der Waals surface area contributed by atoms with Gasteiger partial charge in [0, 0.05) is 18.4 Å². The zero-order valence-corrected chi connectivity index (χ0v) is 15.2. The molecule has 2 aromatic carbocycles. The van der Waals surface area contributed by atoms with Crippen molar-refractivity contribution in [2.24, 2.45) is 0 Å². The normalized spacial score (nSPS) is 10.7. The molecular formula is C21H22N2O3. The number of nitrogens with one attached hydrogen (secondary N) is 1. The number of carbonyl (C=O) groups excluding carboxylic acids is 1. The average molecular weight is 350 g/mol. The van der Waals surface area contributed by atoms with Crippen molar-refractivity contribution in [3.05, 3.63) is 70.0 Å². The lowest BCUT2D eigenvalue weighted by Gasteiger charge is -2.14. The third kappa shape index (κ3) is 3.20. The molecule has 26 heavy (non-hydrogen) atoms. The molecule has 3 rings (SSSR count). The van der Waals surface area contributed by atoms with Crippen LogP contribution in [0.25, 0.3) is 10.9 Å². The number of ether oxygens (including phenoxy) is 1. The van der Waals surface area contributed by atoms with Crippen LogP contribution in [0.5, 0.6) is 5.75 Å². The van der Waals surface area contributed by atoms with Crippen molar-refractivity contribution < 1.29 is 9.53 Å². The monoisotopic (exact) mass is 350 g/mol. The predicted molar refractivity (Wildman–Crippen MR) is 104 cm³/mol. The first-order valence-corrected chi connectivity index (χ1v) is 8.69. The second-order valence-corrected chi connectivity index (χ2v) is 6.01. The summed E-state index contributed by atoms with van der Waals surface area (Å²) in [7, 11) is 1.55. The molecule has 3 aromatic rings. The molecular weight excluding hydrogens is 328 g/mol. The van der Waals surface area contributed by atoms with Gasteiger partial charge in [0.25, 0.3) is 5.91 Å². The Kier molecular flexibility index (Phi) is 5.07. The van der Waals surface area contributed by atoms with E-state index in [9.17, 15) is 9.59 Å². The Hall–Kier alpha value is -3.08. The van der Waals surface area contributed by atoms with Gasteiger partial charge in [0.15, 0.2) is 0 Å². The fourth-order valence-electron chi connectivity index (χ4n) is 3.07. The van der Waals surface area contributed by atoms with E-state index in [0.717, 1.165) is 23.2 Å². The molecule has 0 saturated carbocycles. The van der Waals surface area contributed by atoms with Crippen molar-refractivity contribution in [1.29, 1.82) is 0 Å². The number of aryl methyl sites for hydroxylation is 2. The highest BCUT2D eigenvalue weighted by molar-refractivity contribution is 6.06. The number of rotatable bonds is 5. The first-order valence-electron chi connectivity index (χ1n) is 8.69. The van der Waals surface area contributed by atoms with Gasteiger partial charge in [-0.1, -0.05) is 25.1 Å². The van der Waals surface area contributed by atoms with Crippen LogP contribution >= 0.6 is 0 Å². The van der Waals surface area contributed by atoms with Crippen LogP contribution in [-0.2, 0) is 13.0 Å². The Bertz CT molecular complexity index is 1020. The average Bonchev–Trinajstić information content (AvgIpc) is 2.68. The lowest BCUT2D eigenvalue weighted by Crippen LogP contribution is -2.24. The molecule has 1 heterocycles. The number of para-hydroxylation sites is 1. The number of carbonyl (C=O) groups is 1. The second-order valence-electron chi connectivity index (χ2n) is 6.01. The van der Waals surface area contributed by atoms with Gasteiger partial charge in [0.05, 0.1) is 18.0 Å². The van der Waals surface area contributed by atoms with Crippen molar-refractivity contribution in [2.45, 2.75) is 26.8 Å². The Morgan fingerprint density at radius 2 is 1.92 bits per heavy atom. The van der Waals surface area contributed by atoms with Gasteiger partial charge >= 0.3 is 0 Å². The van der Waals surface area contributed by atoms with E-state index in [2.05, 4.69) is 5.32 Å². The maximum absolute atomic E-state index is 12.9. The van der Waals surface area contributed by atoms with Gasteiger partial charge in [-0.25, -0.2) is 0 Å². The summed E-state index contributed by atoms with van der Waals surface area (Å²) in [5.41, 5.74) is 2.37. The Morgan fingerprint density at radius 1 is 1.15 bits per heavy atom. The number of benzene rings is 2. The lowest BCUT2D eigenvalue weighted by molar-refractivity contribution is 0.102. The maximum Gasteiger partial charge on any atom is 0.261 e. The Labute approximate surface area is 152 Å². The summed E-state index contributed by atoms with van der Waals surface area (Å²) >= 11 is 0. The van der Waals surface area contributed by atoms with E-state index in [1.54, 1.807) is 19.4 Å². The number of pyridine rings is 1. The summed E-state index contributed by atoms with van der Waals surface area (Å²) in [6.07, 6.45) is 2.42. The molecule has 1 amide bonds. The minimum absolute atomic E-state index is 0.124. The number of hydrogen-bond acceptors (Lipinski definition) is 3. The molecule has 1 aromatic heterocycles. The highest BCUT2D eigenvalue weighted by Crippen LogP contribution is 2.20. The van der Waals surface area contributed by atoms with E-state index in [1.165, 1.54) is 0 Å². The van der Waals surface area contributed by atoms with Crippen LogP contribution in [0.15, 0.2) is 53.5 Å². The van der Waals surface area contributed by atoms with Gasteiger partial charge < -0.3 is 14.6 Å². The molecule has 0 unspecified atom stereocenters. The van der Waals surface area contributed by atoms with E-state index in [1.807, 2.05) is 54.8 Å². The van der Waals surface area contributed by atoms with Crippen molar-refractivity contribution in [2.75, 3.05) is 12.4 Å². The van der Waals surface area contributed by atoms with Gasteiger partial charge in [0.2, 0.25) is 5.43 Å². The fourth-order valence-corrected chi connectivity index (χ4v) is 3.07. The van der Waals surface area contributed by atoms with Gasteiger partial charge in [-0.05, 0) is 43.2 Å². The van der Waals surface area contributed by atoms with Crippen molar-refractivity contribution in [1.82, 2.24) is 4.57 Å².